The molecule has 0 unspecified atom stereocenters. The highest BCUT2D eigenvalue weighted by atomic mass is 16.5. The highest BCUT2D eigenvalue weighted by Crippen LogP contribution is 2.10. The van der Waals surface area contributed by atoms with Crippen LogP contribution in [0.5, 0.6) is 0 Å². The van der Waals surface area contributed by atoms with Crippen LogP contribution in [0.4, 0.5) is 4.79 Å². The van der Waals surface area contributed by atoms with Crippen molar-refractivity contribution in [1.29, 1.82) is 0 Å². The third kappa shape index (κ3) is 5.93. The van der Waals surface area contributed by atoms with Gasteiger partial charge in [0.05, 0.1) is 12.7 Å². The molecule has 27 heavy (non-hydrogen) atoms. The minimum atomic E-state index is -0.547. The van der Waals surface area contributed by atoms with Gasteiger partial charge in [0.25, 0.3) is 5.91 Å². The van der Waals surface area contributed by atoms with Crippen LogP contribution in [0.3, 0.4) is 0 Å². The molecule has 2 N–H and O–H groups in total. The van der Waals surface area contributed by atoms with E-state index in [1.807, 2.05) is 0 Å². The van der Waals surface area contributed by atoms with E-state index >= 15 is 0 Å². The van der Waals surface area contributed by atoms with Crippen molar-refractivity contribution in [2.24, 2.45) is 0 Å². The summed E-state index contributed by atoms with van der Waals surface area (Å²) in [5, 5.41) is 11.4. The number of methoxy groups -OCH3 is 1. The molecule has 0 aliphatic rings. The molecule has 0 radical (unpaired) electrons. The van der Waals surface area contributed by atoms with Crippen LogP contribution < -0.4 is 5.32 Å². The van der Waals surface area contributed by atoms with Gasteiger partial charge in [-0.3, -0.25) is 10.1 Å². The number of benzene rings is 2. The Balaban J connectivity index is 2.06. The molecule has 0 spiro atoms. The van der Waals surface area contributed by atoms with Gasteiger partial charge >= 0.3 is 12.0 Å². The Morgan fingerprint density at radius 2 is 1.67 bits per heavy atom. The lowest BCUT2D eigenvalue weighted by molar-refractivity contribution is 0.0600. The Kier molecular flexibility index (Phi) is 7.51. The number of aliphatic hydroxyl groups excluding tert-OH is 1. The second kappa shape index (κ2) is 10.1. The third-order valence-electron chi connectivity index (χ3n) is 3.88. The van der Waals surface area contributed by atoms with E-state index in [0.29, 0.717) is 17.5 Å². The Morgan fingerprint density at radius 3 is 2.26 bits per heavy atom. The fraction of sp³-hybridized carbons (Fsp3) is 0.250. The monoisotopic (exact) mass is 370 g/mol. The summed E-state index contributed by atoms with van der Waals surface area (Å²) >= 11 is 0. The average molecular weight is 370 g/mol. The van der Waals surface area contributed by atoms with Crippen LogP contribution in [-0.2, 0) is 11.3 Å². The first-order valence-corrected chi connectivity index (χ1v) is 8.48. The minimum Gasteiger partial charge on any atom is -0.465 e. The molecule has 0 saturated heterocycles. The van der Waals surface area contributed by atoms with Crippen molar-refractivity contribution in [2.75, 3.05) is 20.3 Å². The van der Waals surface area contributed by atoms with Crippen LogP contribution in [0.2, 0.25) is 0 Å². The van der Waals surface area contributed by atoms with Crippen molar-refractivity contribution in [3.05, 3.63) is 71.3 Å². The highest BCUT2D eigenvalue weighted by molar-refractivity contribution is 6.04. The van der Waals surface area contributed by atoms with Crippen molar-refractivity contribution in [3.63, 3.8) is 0 Å². The molecule has 0 fully saturated rings. The number of carbonyl (C=O) groups excluding carboxylic acids is 3. The van der Waals surface area contributed by atoms with Crippen LogP contribution in [-0.4, -0.2) is 48.2 Å². The van der Waals surface area contributed by atoms with Crippen molar-refractivity contribution in [3.8, 4) is 0 Å². The molecule has 0 aromatic heterocycles. The van der Waals surface area contributed by atoms with Crippen LogP contribution in [0, 0.1) is 0 Å². The first-order chi connectivity index (χ1) is 13.0. The number of ether oxygens (including phenoxy) is 1. The summed E-state index contributed by atoms with van der Waals surface area (Å²) in [6, 6.07) is 14.5. The number of aliphatic hydroxyl groups is 1. The zero-order chi connectivity index (χ0) is 19.6. The minimum absolute atomic E-state index is 0.0717. The maximum absolute atomic E-state index is 12.5. The highest BCUT2D eigenvalue weighted by Gasteiger charge is 2.17. The van der Waals surface area contributed by atoms with Gasteiger partial charge in [-0.1, -0.05) is 30.3 Å². The molecule has 2 rings (SSSR count). The molecule has 2 aromatic carbocycles. The number of imide groups is 1. The van der Waals surface area contributed by atoms with E-state index in [0.717, 1.165) is 5.56 Å². The lowest BCUT2D eigenvalue weighted by atomic mass is 10.1. The molecule has 0 saturated carbocycles. The average Bonchev–Trinajstić information content (AvgIpc) is 2.71. The van der Waals surface area contributed by atoms with Gasteiger partial charge in [0.15, 0.2) is 0 Å². The number of rotatable bonds is 7. The van der Waals surface area contributed by atoms with Crippen LogP contribution >= 0.6 is 0 Å². The molecule has 7 nitrogen and oxygen atoms in total. The fourth-order valence-corrected chi connectivity index (χ4v) is 2.44. The van der Waals surface area contributed by atoms with Gasteiger partial charge in [0.1, 0.15) is 0 Å². The smallest absolute Gasteiger partial charge is 0.337 e. The van der Waals surface area contributed by atoms with E-state index in [9.17, 15) is 14.4 Å². The number of nitrogens with one attached hydrogen (secondary N) is 1. The van der Waals surface area contributed by atoms with Crippen LogP contribution in [0.15, 0.2) is 54.6 Å². The zero-order valence-electron chi connectivity index (χ0n) is 15.1. The zero-order valence-corrected chi connectivity index (χ0v) is 15.1. The predicted molar refractivity (Wildman–Crippen MR) is 99.2 cm³/mol. The van der Waals surface area contributed by atoms with Crippen LogP contribution in [0.25, 0.3) is 0 Å². The summed E-state index contributed by atoms with van der Waals surface area (Å²) in [7, 11) is 1.31. The summed E-state index contributed by atoms with van der Waals surface area (Å²) < 4.78 is 4.66. The van der Waals surface area contributed by atoms with Crippen LogP contribution in [0.1, 0.15) is 32.7 Å². The van der Waals surface area contributed by atoms with Crippen molar-refractivity contribution < 1.29 is 24.2 Å². The fourth-order valence-electron chi connectivity index (χ4n) is 2.44. The number of hydrogen-bond donors (Lipinski definition) is 2. The van der Waals surface area contributed by atoms with Gasteiger partial charge in [-0.05, 0) is 36.2 Å². The largest absolute Gasteiger partial charge is 0.465 e. The number of esters is 1. The SMILES string of the molecule is COC(=O)c1ccc(CN(CCCO)C(=O)NC(=O)c2ccccc2)cc1. The first kappa shape index (κ1) is 20.1. The maximum Gasteiger partial charge on any atom is 0.337 e. The summed E-state index contributed by atoms with van der Waals surface area (Å²) in [6.45, 7) is 0.441. The van der Waals surface area contributed by atoms with Crippen molar-refractivity contribution >= 4 is 17.9 Å². The predicted octanol–water partition coefficient (Wildman–Crippen LogP) is 2.21. The summed E-state index contributed by atoms with van der Waals surface area (Å²) in [5.41, 5.74) is 1.57. The second-order valence-corrected chi connectivity index (χ2v) is 5.81. The first-order valence-electron chi connectivity index (χ1n) is 8.48. The standard InChI is InChI=1S/C20H22N2O5/c1-27-19(25)17-10-8-15(9-11-17)14-22(12-5-13-23)20(26)21-18(24)16-6-3-2-4-7-16/h2-4,6-11,23H,5,12-14H2,1H3,(H,21,24,26). The maximum atomic E-state index is 12.5. The molecule has 2 aromatic rings. The van der Waals surface area contributed by atoms with E-state index < -0.39 is 17.9 Å². The van der Waals surface area contributed by atoms with E-state index in [1.54, 1.807) is 54.6 Å². The van der Waals surface area contributed by atoms with Crippen molar-refractivity contribution in [2.45, 2.75) is 13.0 Å². The quantitative estimate of drug-likeness (QED) is 0.729. The lowest BCUT2D eigenvalue weighted by Crippen LogP contribution is -2.43. The van der Waals surface area contributed by atoms with Crippen molar-refractivity contribution in [1.82, 2.24) is 10.2 Å². The Labute approximate surface area is 157 Å². The molecule has 0 heterocycles. The third-order valence-corrected chi connectivity index (χ3v) is 3.88. The van der Waals surface area contributed by atoms with E-state index in [-0.39, 0.29) is 19.7 Å². The van der Waals surface area contributed by atoms with Gasteiger partial charge in [0.2, 0.25) is 0 Å². The Morgan fingerprint density at radius 1 is 1.00 bits per heavy atom. The van der Waals surface area contributed by atoms with Gasteiger partial charge in [-0.2, -0.15) is 0 Å². The van der Waals surface area contributed by atoms with Gasteiger partial charge in [0, 0.05) is 25.3 Å². The summed E-state index contributed by atoms with van der Waals surface area (Å²) in [6.07, 6.45) is 0.382. The molecule has 142 valence electrons. The van der Waals surface area contributed by atoms with Gasteiger partial charge in [-0.15, -0.1) is 0 Å². The number of carbonyl (C=O) groups is 3. The molecule has 0 atom stereocenters. The molecule has 0 bridgehead atoms. The Hall–Kier alpha value is -3.19. The molecule has 7 heteroatoms. The van der Waals surface area contributed by atoms with Gasteiger partial charge in [-0.25, -0.2) is 9.59 Å². The molecule has 0 aliphatic carbocycles. The van der Waals surface area contributed by atoms with E-state index in [2.05, 4.69) is 10.1 Å². The van der Waals surface area contributed by atoms with Gasteiger partial charge < -0.3 is 14.7 Å². The van der Waals surface area contributed by atoms with E-state index in [1.165, 1.54) is 12.0 Å². The summed E-state index contributed by atoms with van der Waals surface area (Å²) in [4.78, 5) is 37.6. The normalized spacial score (nSPS) is 10.1. The molecule has 0 aliphatic heterocycles. The molecular weight excluding hydrogens is 348 g/mol. The number of hydrogen-bond acceptors (Lipinski definition) is 5. The topological polar surface area (TPSA) is 95.9 Å². The molecule has 3 amide bonds. The van der Waals surface area contributed by atoms with E-state index in [4.69, 9.17) is 5.11 Å². The Bertz CT molecular complexity index is 775. The summed E-state index contributed by atoms with van der Waals surface area (Å²) in [5.74, 6) is -0.930. The number of nitrogens with zero attached hydrogens (tertiary/aromatic N) is 1. The number of amides is 3. The second-order valence-electron chi connectivity index (χ2n) is 5.81. The molecular formula is C20H22N2O5. The number of urea groups is 1. The lowest BCUT2D eigenvalue weighted by Gasteiger charge is -2.22.